The standard InChI is InChI=1S/C18H16N2O4S/c1-13(21)14-6-8-16(9-7-14)25(22,23)20-12-15-4-2-10-19-18(15)17-5-3-11-24-17/h2-11,20H,12H2,1H3. The Kier molecular flexibility index (Phi) is 4.78. The molecule has 0 unspecified atom stereocenters. The molecule has 0 aliphatic rings. The van der Waals surface area contributed by atoms with Gasteiger partial charge in [-0.2, -0.15) is 0 Å². The summed E-state index contributed by atoms with van der Waals surface area (Å²) < 4.78 is 32.8. The largest absolute Gasteiger partial charge is 0.463 e. The first-order valence-corrected chi connectivity index (χ1v) is 9.04. The Morgan fingerprint density at radius 1 is 1.12 bits per heavy atom. The molecular formula is C18H16N2O4S. The summed E-state index contributed by atoms with van der Waals surface area (Å²) in [5.74, 6) is 0.455. The van der Waals surface area contributed by atoms with E-state index in [0.29, 0.717) is 22.6 Å². The van der Waals surface area contributed by atoms with Crippen LogP contribution >= 0.6 is 0 Å². The lowest BCUT2D eigenvalue weighted by Gasteiger charge is -2.09. The van der Waals surface area contributed by atoms with Crippen LogP contribution in [0, 0.1) is 0 Å². The molecule has 0 saturated heterocycles. The maximum atomic E-state index is 12.4. The lowest BCUT2D eigenvalue weighted by molar-refractivity contribution is 0.101. The summed E-state index contributed by atoms with van der Waals surface area (Å²) in [6.07, 6.45) is 3.16. The average molecular weight is 356 g/mol. The second-order valence-corrected chi connectivity index (χ2v) is 7.16. The number of hydrogen-bond donors (Lipinski definition) is 1. The summed E-state index contributed by atoms with van der Waals surface area (Å²) >= 11 is 0. The molecule has 0 bridgehead atoms. The molecule has 2 heterocycles. The van der Waals surface area contributed by atoms with Gasteiger partial charge in [-0.05, 0) is 42.8 Å². The molecule has 3 aromatic rings. The number of nitrogens with zero attached hydrogens (tertiary/aromatic N) is 1. The Morgan fingerprint density at radius 2 is 1.88 bits per heavy atom. The lowest BCUT2D eigenvalue weighted by Crippen LogP contribution is -2.23. The van der Waals surface area contributed by atoms with E-state index < -0.39 is 10.0 Å². The van der Waals surface area contributed by atoms with E-state index in [0.717, 1.165) is 0 Å². The third-order valence-electron chi connectivity index (χ3n) is 3.67. The number of benzene rings is 1. The number of Topliss-reactive ketones (excluding diaryl/α,β-unsaturated/α-hetero) is 1. The number of furan rings is 1. The van der Waals surface area contributed by atoms with Crippen LogP contribution in [0.15, 0.2) is 70.3 Å². The van der Waals surface area contributed by atoms with Gasteiger partial charge < -0.3 is 4.42 Å². The van der Waals surface area contributed by atoms with E-state index in [2.05, 4.69) is 9.71 Å². The number of carbonyl (C=O) groups excluding carboxylic acids is 1. The van der Waals surface area contributed by atoms with E-state index in [1.54, 1.807) is 30.5 Å². The molecule has 0 amide bonds. The van der Waals surface area contributed by atoms with Gasteiger partial charge in [0.05, 0.1) is 11.2 Å². The molecule has 7 heteroatoms. The zero-order valence-electron chi connectivity index (χ0n) is 13.5. The van der Waals surface area contributed by atoms with Gasteiger partial charge in [-0.15, -0.1) is 0 Å². The number of pyridine rings is 1. The molecule has 0 fully saturated rings. The van der Waals surface area contributed by atoms with Gasteiger partial charge in [0, 0.05) is 18.3 Å². The number of hydrogen-bond acceptors (Lipinski definition) is 5. The first-order valence-electron chi connectivity index (χ1n) is 7.56. The fraction of sp³-hybridized carbons (Fsp3) is 0.111. The van der Waals surface area contributed by atoms with Crippen molar-refractivity contribution in [1.82, 2.24) is 9.71 Å². The maximum Gasteiger partial charge on any atom is 0.240 e. The summed E-state index contributed by atoms with van der Waals surface area (Å²) in [6, 6.07) is 12.8. The normalized spacial score (nSPS) is 11.4. The molecule has 0 saturated carbocycles. The van der Waals surface area contributed by atoms with Crippen molar-refractivity contribution in [2.45, 2.75) is 18.4 Å². The van der Waals surface area contributed by atoms with Crippen molar-refractivity contribution < 1.29 is 17.6 Å². The topological polar surface area (TPSA) is 89.3 Å². The minimum absolute atomic E-state index is 0.0701. The van der Waals surface area contributed by atoms with Crippen LogP contribution in [0.3, 0.4) is 0 Å². The van der Waals surface area contributed by atoms with Crippen LogP contribution in [0.2, 0.25) is 0 Å². The van der Waals surface area contributed by atoms with Crippen molar-refractivity contribution in [3.63, 3.8) is 0 Å². The molecule has 0 spiro atoms. The highest BCUT2D eigenvalue weighted by atomic mass is 32.2. The van der Waals surface area contributed by atoms with E-state index in [1.807, 2.05) is 0 Å². The van der Waals surface area contributed by atoms with Crippen LogP contribution < -0.4 is 4.72 Å². The van der Waals surface area contributed by atoms with Crippen molar-refractivity contribution in [3.8, 4) is 11.5 Å². The zero-order chi connectivity index (χ0) is 17.9. The SMILES string of the molecule is CC(=O)c1ccc(S(=O)(=O)NCc2cccnc2-c2ccco2)cc1. The average Bonchev–Trinajstić information content (AvgIpc) is 3.15. The summed E-state index contributed by atoms with van der Waals surface area (Å²) in [5.41, 5.74) is 1.75. The highest BCUT2D eigenvalue weighted by Gasteiger charge is 2.16. The van der Waals surface area contributed by atoms with Crippen LogP contribution in [0.25, 0.3) is 11.5 Å². The first-order chi connectivity index (χ1) is 12.0. The fourth-order valence-corrected chi connectivity index (χ4v) is 3.35. The smallest absolute Gasteiger partial charge is 0.240 e. The summed E-state index contributed by atoms with van der Waals surface area (Å²) in [5, 5.41) is 0. The first kappa shape index (κ1) is 17.1. The Hall–Kier alpha value is -2.77. The van der Waals surface area contributed by atoms with Crippen molar-refractivity contribution in [1.29, 1.82) is 0 Å². The van der Waals surface area contributed by atoms with Gasteiger partial charge in [-0.25, -0.2) is 13.1 Å². The molecule has 2 aromatic heterocycles. The highest BCUT2D eigenvalue weighted by Crippen LogP contribution is 2.22. The van der Waals surface area contributed by atoms with Crippen molar-refractivity contribution in [2.24, 2.45) is 0 Å². The van der Waals surface area contributed by atoms with Crippen molar-refractivity contribution >= 4 is 15.8 Å². The molecule has 3 rings (SSSR count). The maximum absolute atomic E-state index is 12.4. The van der Waals surface area contributed by atoms with E-state index in [4.69, 9.17) is 4.42 Å². The second kappa shape index (κ2) is 7.00. The molecule has 128 valence electrons. The number of rotatable bonds is 6. The molecular weight excluding hydrogens is 340 g/mol. The van der Waals surface area contributed by atoms with Crippen LogP contribution in [-0.2, 0) is 16.6 Å². The molecule has 1 aromatic carbocycles. The van der Waals surface area contributed by atoms with Crippen LogP contribution in [0.4, 0.5) is 0 Å². The van der Waals surface area contributed by atoms with Crippen LogP contribution in [0.5, 0.6) is 0 Å². The Labute approximate surface area is 145 Å². The predicted molar refractivity (Wildman–Crippen MR) is 92.4 cm³/mol. The highest BCUT2D eigenvalue weighted by molar-refractivity contribution is 7.89. The number of sulfonamides is 1. The quantitative estimate of drug-likeness (QED) is 0.686. The van der Waals surface area contributed by atoms with Gasteiger partial charge in [0.15, 0.2) is 11.5 Å². The number of ketones is 1. The Morgan fingerprint density at radius 3 is 2.52 bits per heavy atom. The molecule has 0 atom stereocenters. The van der Waals surface area contributed by atoms with Gasteiger partial charge in [0.1, 0.15) is 5.69 Å². The van der Waals surface area contributed by atoms with E-state index in [1.165, 1.54) is 37.5 Å². The molecule has 25 heavy (non-hydrogen) atoms. The third kappa shape index (κ3) is 3.84. The van der Waals surface area contributed by atoms with E-state index in [-0.39, 0.29) is 17.2 Å². The van der Waals surface area contributed by atoms with E-state index >= 15 is 0 Å². The Bertz CT molecular complexity index is 978. The van der Waals surface area contributed by atoms with Gasteiger partial charge >= 0.3 is 0 Å². The molecule has 0 aliphatic heterocycles. The summed E-state index contributed by atoms with van der Waals surface area (Å²) in [4.78, 5) is 15.6. The predicted octanol–water partition coefficient (Wildman–Crippen LogP) is 3.02. The Balaban J connectivity index is 1.80. The second-order valence-electron chi connectivity index (χ2n) is 5.39. The summed E-state index contributed by atoms with van der Waals surface area (Å²) in [7, 11) is -3.71. The van der Waals surface area contributed by atoms with Crippen molar-refractivity contribution in [2.75, 3.05) is 0 Å². The lowest BCUT2D eigenvalue weighted by atomic mass is 10.1. The summed E-state index contributed by atoms with van der Waals surface area (Å²) in [6.45, 7) is 1.50. The van der Waals surface area contributed by atoms with Gasteiger partial charge in [-0.1, -0.05) is 18.2 Å². The van der Waals surface area contributed by atoms with Gasteiger partial charge in [0.2, 0.25) is 10.0 Å². The minimum atomic E-state index is -3.71. The third-order valence-corrected chi connectivity index (χ3v) is 5.09. The fourth-order valence-electron chi connectivity index (χ4n) is 2.34. The van der Waals surface area contributed by atoms with Crippen LogP contribution in [0.1, 0.15) is 22.8 Å². The number of aromatic nitrogens is 1. The van der Waals surface area contributed by atoms with Gasteiger partial charge in [-0.3, -0.25) is 9.78 Å². The number of nitrogens with one attached hydrogen (secondary N) is 1. The van der Waals surface area contributed by atoms with Gasteiger partial charge in [0.25, 0.3) is 0 Å². The minimum Gasteiger partial charge on any atom is -0.463 e. The molecule has 1 N–H and O–H groups in total. The molecule has 0 aliphatic carbocycles. The molecule has 6 nitrogen and oxygen atoms in total. The number of carbonyl (C=O) groups is 1. The van der Waals surface area contributed by atoms with Crippen molar-refractivity contribution in [3.05, 3.63) is 72.1 Å². The monoisotopic (exact) mass is 356 g/mol. The van der Waals surface area contributed by atoms with E-state index in [9.17, 15) is 13.2 Å². The zero-order valence-corrected chi connectivity index (χ0v) is 14.3. The van der Waals surface area contributed by atoms with Crippen LogP contribution in [-0.4, -0.2) is 19.2 Å². The molecule has 0 radical (unpaired) electrons.